The molecule has 2 fully saturated rings. The monoisotopic (exact) mass is 686 g/mol. The number of nitrogens with zero attached hydrogens (tertiary/aromatic N) is 4. The predicted octanol–water partition coefficient (Wildman–Crippen LogP) is 9.05. The summed E-state index contributed by atoms with van der Waals surface area (Å²) in [4.78, 5) is 20.1. The van der Waals surface area contributed by atoms with Gasteiger partial charge in [0.2, 0.25) is 11.8 Å². The molecule has 9 heteroatoms. The van der Waals surface area contributed by atoms with Crippen LogP contribution in [0, 0.1) is 21.8 Å². The molecule has 0 N–H and O–H groups in total. The van der Waals surface area contributed by atoms with E-state index in [0.717, 1.165) is 69.5 Å². The molecule has 2 aliphatic rings. The average molecular weight is 687 g/mol. The number of rotatable bonds is 12. The highest BCUT2D eigenvalue weighted by molar-refractivity contribution is 5.71. The van der Waals surface area contributed by atoms with Crippen LogP contribution in [0.2, 0.25) is 0 Å². The van der Waals surface area contributed by atoms with Gasteiger partial charge in [0, 0.05) is 43.4 Å². The molecule has 0 radical (unpaired) electrons. The zero-order valence-electron chi connectivity index (χ0n) is 28.7. The molecular weight excluding hydrogens is 643 g/mol. The minimum absolute atomic E-state index is 0.143. The molecule has 2 saturated heterocycles. The first-order chi connectivity index (χ1) is 25.0. The number of non-ortho nitro benzene ring substituents is 1. The quantitative estimate of drug-likeness (QED) is 0.0957. The molecule has 1 aromatic heterocycles. The Morgan fingerprint density at radius 2 is 1.39 bits per heavy atom. The first-order valence-corrected chi connectivity index (χ1v) is 17.8. The van der Waals surface area contributed by atoms with Gasteiger partial charge in [0.1, 0.15) is 19.0 Å². The van der Waals surface area contributed by atoms with Crippen LogP contribution in [0.15, 0.2) is 115 Å². The summed E-state index contributed by atoms with van der Waals surface area (Å²) in [5.41, 5.74) is 5.43. The van der Waals surface area contributed by atoms with Gasteiger partial charge in [0.25, 0.3) is 5.69 Å². The van der Waals surface area contributed by atoms with Crippen molar-refractivity contribution in [3.63, 3.8) is 0 Å². The SMILES string of the molecule is O=[N+]([O-])c1ccc(C2CCN(CC3CCN(c4ccc(-c5ccc(OCc6ccccc6)nc5OCc5ccccc5)cc4F)CC3)CC2)cc1. The first kappa shape index (κ1) is 34.2. The second-order valence-electron chi connectivity index (χ2n) is 13.6. The van der Waals surface area contributed by atoms with Crippen LogP contribution in [0.4, 0.5) is 15.8 Å². The van der Waals surface area contributed by atoms with Crippen LogP contribution in [0.1, 0.15) is 48.3 Å². The first-order valence-electron chi connectivity index (χ1n) is 17.8. The number of ether oxygens (including phenoxy) is 2. The van der Waals surface area contributed by atoms with Crippen LogP contribution in [-0.4, -0.2) is 47.5 Å². The molecule has 0 amide bonds. The summed E-state index contributed by atoms with van der Waals surface area (Å²) in [5, 5.41) is 11.0. The van der Waals surface area contributed by atoms with Gasteiger partial charge in [-0.05, 0) is 91.1 Å². The van der Waals surface area contributed by atoms with E-state index >= 15 is 4.39 Å². The van der Waals surface area contributed by atoms with Gasteiger partial charge in [-0.3, -0.25) is 10.1 Å². The van der Waals surface area contributed by atoms with Crippen LogP contribution in [0.3, 0.4) is 0 Å². The number of halogens is 1. The van der Waals surface area contributed by atoms with E-state index in [0.29, 0.717) is 53.6 Å². The molecule has 7 rings (SSSR count). The van der Waals surface area contributed by atoms with Crippen molar-refractivity contribution < 1.29 is 18.8 Å². The lowest BCUT2D eigenvalue weighted by Crippen LogP contribution is -2.41. The van der Waals surface area contributed by atoms with Gasteiger partial charge in [0.15, 0.2) is 0 Å². The summed E-state index contributed by atoms with van der Waals surface area (Å²) in [5.74, 6) is 1.62. The van der Waals surface area contributed by atoms with Crippen molar-refractivity contribution in [2.45, 2.75) is 44.8 Å². The van der Waals surface area contributed by atoms with Gasteiger partial charge in [-0.2, -0.15) is 4.98 Å². The highest BCUT2D eigenvalue weighted by Crippen LogP contribution is 2.36. The van der Waals surface area contributed by atoms with Crippen LogP contribution >= 0.6 is 0 Å². The van der Waals surface area contributed by atoms with Crippen molar-refractivity contribution in [2.24, 2.45) is 5.92 Å². The maximum atomic E-state index is 15.8. The number of hydrogen-bond acceptors (Lipinski definition) is 7. The van der Waals surface area contributed by atoms with Crippen molar-refractivity contribution in [1.82, 2.24) is 9.88 Å². The molecule has 262 valence electrons. The van der Waals surface area contributed by atoms with Gasteiger partial charge < -0.3 is 19.3 Å². The largest absolute Gasteiger partial charge is 0.473 e. The minimum atomic E-state index is -0.345. The molecule has 3 heterocycles. The Kier molecular flexibility index (Phi) is 10.8. The minimum Gasteiger partial charge on any atom is -0.473 e. The van der Waals surface area contributed by atoms with E-state index in [1.807, 2.05) is 97.1 Å². The van der Waals surface area contributed by atoms with Crippen molar-refractivity contribution in [3.8, 4) is 22.9 Å². The van der Waals surface area contributed by atoms with Crippen LogP contribution in [0.25, 0.3) is 11.1 Å². The van der Waals surface area contributed by atoms with Crippen LogP contribution in [-0.2, 0) is 13.2 Å². The van der Waals surface area contributed by atoms with E-state index in [1.165, 1.54) is 5.56 Å². The van der Waals surface area contributed by atoms with Crippen LogP contribution < -0.4 is 14.4 Å². The van der Waals surface area contributed by atoms with Crippen molar-refractivity contribution in [3.05, 3.63) is 148 Å². The molecule has 2 aliphatic heterocycles. The summed E-state index contributed by atoms with van der Waals surface area (Å²) in [6, 6.07) is 36.0. The molecule has 4 aromatic carbocycles. The zero-order chi connectivity index (χ0) is 35.0. The van der Waals surface area contributed by atoms with E-state index in [4.69, 9.17) is 14.5 Å². The summed E-state index contributed by atoms with van der Waals surface area (Å²) in [6.07, 6.45) is 4.17. The highest BCUT2D eigenvalue weighted by Gasteiger charge is 2.27. The molecule has 5 aromatic rings. The van der Waals surface area contributed by atoms with E-state index < -0.39 is 0 Å². The number of piperidine rings is 2. The number of anilines is 1. The number of benzene rings is 4. The topological polar surface area (TPSA) is 81.0 Å². The van der Waals surface area contributed by atoms with E-state index in [9.17, 15) is 10.1 Å². The third-order valence-corrected chi connectivity index (χ3v) is 10.2. The summed E-state index contributed by atoms with van der Waals surface area (Å²) in [7, 11) is 0. The zero-order valence-corrected chi connectivity index (χ0v) is 28.7. The molecule has 0 bridgehead atoms. The summed E-state index contributed by atoms with van der Waals surface area (Å²) in [6.45, 7) is 5.48. The molecule has 0 atom stereocenters. The normalized spacial score (nSPS) is 15.8. The Morgan fingerprint density at radius 1 is 0.745 bits per heavy atom. The summed E-state index contributed by atoms with van der Waals surface area (Å²) >= 11 is 0. The third-order valence-electron chi connectivity index (χ3n) is 10.2. The Bertz CT molecular complexity index is 1890. The number of likely N-dealkylation sites (tertiary alicyclic amines) is 1. The van der Waals surface area contributed by atoms with Crippen molar-refractivity contribution in [1.29, 1.82) is 0 Å². The number of nitro benzene ring substituents is 1. The van der Waals surface area contributed by atoms with Gasteiger partial charge in [-0.1, -0.05) is 78.9 Å². The second-order valence-corrected chi connectivity index (χ2v) is 13.6. The standard InChI is InChI=1S/C42H43FN4O4/c43-39-27-36(38-16-18-41(50-29-32-7-3-1-4-8-32)44-42(38)51-30-33-9-5-2-6-10-33)13-17-40(39)46-25-19-31(20-26-46)28-45-23-21-35(22-24-45)34-11-14-37(15-12-34)47(48)49/h1-18,27,31,35H,19-26,28-30H2. The van der Waals surface area contributed by atoms with Crippen molar-refractivity contribution >= 4 is 11.4 Å². The van der Waals surface area contributed by atoms with Crippen LogP contribution in [0.5, 0.6) is 11.8 Å². The molecular formula is C42H43FN4O4. The Labute approximate surface area is 298 Å². The number of nitro groups is 1. The number of hydrogen-bond donors (Lipinski definition) is 0. The van der Waals surface area contributed by atoms with Gasteiger partial charge in [0.05, 0.1) is 10.6 Å². The molecule has 8 nitrogen and oxygen atoms in total. The lowest BCUT2D eigenvalue weighted by atomic mass is 9.88. The van der Waals surface area contributed by atoms with E-state index in [2.05, 4.69) is 9.80 Å². The lowest BCUT2D eigenvalue weighted by molar-refractivity contribution is -0.384. The second kappa shape index (κ2) is 16.2. The molecule has 0 saturated carbocycles. The fraction of sp³-hybridized carbons (Fsp3) is 0.310. The van der Waals surface area contributed by atoms with E-state index in [-0.39, 0.29) is 16.4 Å². The Hall–Kier alpha value is -5.28. The smallest absolute Gasteiger partial charge is 0.269 e. The Morgan fingerprint density at radius 3 is 2.02 bits per heavy atom. The van der Waals surface area contributed by atoms with E-state index in [1.54, 1.807) is 18.2 Å². The molecule has 0 aliphatic carbocycles. The Balaban J connectivity index is 0.958. The van der Waals surface area contributed by atoms with Gasteiger partial charge in [-0.25, -0.2) is 4.39 Å². The fourth-order valence-electron chi connectivity index (χ4n) is 7.26. The number of aromatic nitrogens is 1. The molecule has 51 heavy (non-hydrogen) atoms. The van der Waals surface area contributed by atoms with Gasteiger partial charge in [-0.15, -0.1) is 0 Å². The lowest BCUT2D eigenvalue weighted by Gasteiger charge is -2.38. The summed E-state index contributed by atoms with van der Waals surface area (Å²) < 4.78 is 28.0. The fourth-order valence-corrected chi connectivity index (χ4v) is 7.26. The van der Waals surface area contributed by atoms with Gasteiger partial charge >= 0.3 is 0 Å². The predicted molar refractivity (Wildman–Crippen MR) is 198 cm³/mol. The van der Waals surface area contributed by atoms with Crippen molar-refractivity contribution in [2.75, 3.05) is 37.6 Å². The molecule has 0 spiro atoms. The number of pyridine rings is 1. The average Bonchev–Trinajstić information content (AvgIpc) is 3.18. The molecule has 0 unspecified atom stereocenters. The third kappa shape index (κ3) is 8.72. The maximum absolute atomic E-state index is 15.8. The highest BCUT2D eigenvalue weighted by atomic mass is 19.1. The maximum Gasteiger partial charge on any atom is 0.269 e.